The number of halogens is 7. The van der Waals surface area contributed by atoms with E-state index in [1.807, 2.05) is 27.7 Å². The summed E-state index contributed by atoms with van der Waals surface area (Å²) in [5.74, 6) is 1.16. The predicted octanol–water partition coefficient (Wildman–Crippen LogP) is 9.09. The fraction of sp³-hybridized carbons (Fsp3) is 0.500. The normalized spacial score (nSPS) is 12.0. The molecule has 1 atom stereocenters. The fourth-order valence-corrected chi connectivity index (χ4v) is 4.07. The Bertz CT molecular complexity index is 829. The summed E-state index contributed by atoms with van der Waals surface area (Å²) < 4.78 is 37.4. The van der Waals surface area contributed by atoms with Gasteiger partial charge in [-0.1, -0.05) is 94.9 Å². The minimum Gasteiger partial charge on any atom is -0.494 e. The van der Waals surface area contributed by atoms with Crippen molar-refractivity contribution in [3.05, 3.63) is 57.6 Å². The largest absolute Gasteiger partial charge is 0.494 e. The number of benzene rings is 2. The molecule has 2 rings (SSSR count). The summed E-state index contributed by atoms with van der Waals surface area (Å²) in [6.07, 6.45) is -2.47. The maximum absolute atomic E-state index is 13.8. The molecule has 2 aromatic carbocycles. The van der Waals surface area contributed by atoms with E-state index in [4.69, 9.17) is 49.4 Å². The quantitative estimate of drug-likeness (QED) is 0.271. The van der Waals surface area contributed by atoms with Crippen LogP contribution in [0.3, 0.4) is 0 Å². The number of aliphatic hydroxyl groups is 1. The fourth-order valence-electron chi connectivity index (χ4n) is 2.60. The Labute approximate surface area is 233 Å². The summed E-state index contributed by atoms with van der Waals surface area (Å²) in [5.41, 5.74) is 1.20. The lowest BCUT2D eigenvalue weighted by molar-refractivity contribution is -0.178. The van der Waals surface area contributed by atoms with Gasteiger partial charge in [0.1, 0.15) is 10.6 Å². The molecule has 1 N–H and O–H groups in total. The number of hydrogen-bond donors (Lipinski definition) is 1. The van der Waals surface area contributed by atoms with Crippen LogP contribution in [0.2, 0.25) is 10.0 Å². The lowest BCUT2D eigenvalue weighted by Gasteiger charge is -2.28. The third kappa shape index (κ3) is 9.98. The van der Waals surface area contributed by atoms with E-state index in [1.54, 1.807) is 24.3 Å². The van der Waals surface area contributed by atoms with Crippen LogP contribution >= 0.6 is 66.7 Å². The number of alkyl halides is 5. The van der Waals surface area contributed by atoms with Crippen LogP contribution in [0, 0.1) is 0 Å². The van der Waals surface area contributed by atoms with E-state index in [-0.39, 0.29) is 5.75 Å². The topological polar surface area (TPSA) is 38.7 Å². The molecule has 34 heavy (non-hydrogen) atoms. The zero-order valence-corrected chi connectivity index (χ0v) is 25.2. The molecule has 0 bridgehead atoms. The van der Waals surface area contributed by atoms with E-state index in [2.05, 4.69) is 31.9 Å². The van der Waals surface area contributed by atoms with E-state index < -0.39 is 23.0 Å². The first kappa shape index (κ1) is 33.7. The second-order valence-electron chi connectivity index (χ2n) is 7.17. The average Bonchev–Trinajstić information content (AvgIpc) is 2.80. The van der Waals surface area contributed by atoms with Crippen LogP contribution in [-0.2, 0) is 5.41 Å². The third-order valence-electron chi connectivity index (χ3n) is 4.55. The lowest BCUT2D eigenvalue weighted by Crippen LogP contribution is -2.37. The van der Waals surface area contributed by atoms with Crippen molar-refractivity contribution in [1.29, 1.82) is 0 Å². The summed E-state index contributed by atoms with van der Waals surface area (Å²) >= 11 is 23.7. The van der Waals surface area contributed by atoms with Gasteiger partial charge in [-0.2, -0.15) is 8.78 Å². The van der Waals surface area contributed by atoms with E-state index in [9.17, 15) is 8.78 Å². The van der Waals surface area contributed by atoms with Crippen molar-refractivity contribution in [2.24, 2.45) is 0 Å². The van der Waals surface area contributed by atoms with Crippen LogP contribution in [0.25, 0.3) is 0 Å². The Kier molecular flexibility index (Phi) is 16.3. The number of hydrogen-bond acceptors (Lipinski definition) is 3. The lowest BCUT2D eigenvalue weighted by atomic mass is 9.78. The molecule has 0 spiro atoms. The Hall–Kier alpha value is -0.310. The highest BCUT2D eigenvalue weighted by atomic mass is 79.9. The molecule has 2 aromatic rings. The molecule has 0 aliphatic carbocycles. The van der Waals surface area contributed by atoms with Crippen LogP contribution in [0.4, 0.5) is 8.78 Å². The molecule has 0 aliphatic rings. The number of rotatable bonds is 9. The molecule has 0 heterocycles. The van der Waals surface area contributed by atoms with Gasteiger partial charge in [-0.15, -0.1) is 11.6 Å². The molecular formula is C24H31Br2Cl3F2O3. The number of ether oxygens (including phenoxy) is 2. The summed E-state index contributed by atoms with van der Waals surface area (Å²) in [6, 6.07) is 9.83. The van der Waals surface area contributed by atoms with Gasteiger partial charge < -0.3 is 14.6 Å². The number of methoxy groups -OCH3 is 1. The summed E-state index contributed by atoms with van der Waals surface area (Å²) in [4.78, 5) is -1.50. The van der Waals surface area contributed by atoms with Crippen molar-refractivity contribution < 1.29 is 23.4 Å². The molecule has 10 heteroatoms. The zero-order valence-electron chi connectivity index (χ0n) is 19.8. The van der Waals surface area contributed by atoms with Crippen molar-refractivity contribution in [3.63, 3.8) is 0 Å². The van der Waals surface area contributed by atoms with E-state index in [1.165, 1.54) is 19.2 Å². The Morgan fingerprint density at radius 3 is 1.88 bits per heavy atom. The highest BCUT2D eigenvalue weighted by Crippen LogP contribution is 2.40. The Morgan fingerprint density at radius 2 is 1.53 bits per heavy atom. The zero-order chi connectivity index (χ0) is 26.5. The van der Waals surface area contributed by atoms with Gasteiger partial charge in [0.05, 0.1) is 23.8 Å². The maximum Gasteiger partial charge on any atom is 0.412 e. The molecule has 0 saturated heterocycles. The van der Waals surface area contributed by atoms with Gasteiger partial charge >= 0.3 is 6.11 Å². The predicted molar refractivity (Wildman–Crippen MR) is 147 cm³/mol. The van der Waals surface area contributed by atoms with Crippen LogP contribution in [0.15, 0.2) is 36.4 Å². The van der Waals surface area contributed by atoms with Crippen LogP contribution < -0.4 is 9.47 Å². The third-order valence-corrected chi connectivity index (χ3v) is 6.76. The van der Waals surface area contributed by atoms with Crippen molar-refractivity contribution >= 4 is 66.7 Å². The van der Waals surface area contributed by atoms with Crippen molar-refractivity contribution in [2.75, 3.05) is 24.9 Å². The monoisotopic (exact) mass is 668 g/mol. The first-order valence-electron chi connectivity index (χ1n) is 10.5. The minimum atomic E-state index is -3.54. The second kappa shape index (κ2) is 16.4. The maximum atomic E-state index is 13.8. The molecule has 0 amide bonds. The molecule has 0 aromatic heterocycles. The van der Waals surface area contributed by atoms with Gasteiger partial charge in [-0.25, -0.2) is 0 Å². The van der Waals surface area contributed by atoms with Gasteiger partial charge in [-0.05, 0) is 41.8 Å². The van der Waals surface area contributed by atoms with E-state index >= 15 is 0 Å². The van der Waals surface area contributed by atoms with Crippen molar-refractivity contribution in [2.45, 2.75) is 50.5 Å². The highest BCUT2D eigenvalue weighted by Gasteiger charge is 2.40. The summed E-state index contributed by atoms with van der Waals surface area (Å²) in [7, 11) is 1.49. The summed E-state index contributed by atoms with van der Waals surface area (Å²) in [6.45, 7) is 7.18. The molecule has 0 saturated carbocycles. The molecule has 0 radical (unpaired) electrons. The van der Waals surface area contributed by atoms with Crippen molar-refractivity contribution in [3.8, 4) is 11.5 Å². The Balaban J connectivity index is 0.00000138. The summed E-state index contributed by atoms with van der Waals surface area (Å²) in [5, 5.41) is 10.7. The standard InChI is InChI=1S/C19H19BrCl2F2O3.C3H6BrCl.C2H6/c1-18(2,12-8-14(21)17(26-3)15(22)9-12)11-4-6-13(7-5-11)27-19(23,24)16(20)10-25;4-2-1-3-5;1-2/h4-9,16,25H,10H2,1-3H3;1-3H2;1-2H3. The van der Waals surface area contributed by atoms with Crippen LogP contribution in [0.5, 0.6) is 11.5 Å². The smallest absolute Gasteiger partial charge is 0.412 e. The van der Waals surface area contributed by atoms with E-state index in [0.29, 0.717) is 15.8 Å². The molecule has 3 nitrogen and oxygen atoms in total. The average molecular weight is 672 g/mol. The van der Waals surface area contributed by atoms with Gasteiger partial charge in [0, 0.05) is 16.6 Å². The van der Waals surface area contributed by atoms with Gasteiger partial charge in [0.2, 0.25) is 0 Å². The minimum absolute atomic E-state index is 0.0109. The van der Waals surface area contributed by atoms with Crippen molar-refractivity contribution in [1.82, 2.24) is 0 Å². The van der Waals surface area contributed by atoms with E-state index in [0.717, 1.165) is 28.8 Å². The van der Waals surface area contributed by atoms with Crippen LogP contribution in [-0.4, -0.2) is 41.0 Å². The Morgan fingerprint density at radius 1 is 1.03 bits per heavy atom. The molecule has 1 unspecified atom stereocenters. The van der Waals surface area contributed by atoms with Gasteiger partial charge in [0.15, 0.2) is 5.75 Å². The molecule has 0 fully saturated rings. The van der Waals surface area contributed by atoms with Crippen LogP contribution in [0.1, 0.15) is 45.2 Å². The second-order valence-corrected chi connectivity index (χ2v) is 10.3. The van der Waals surface area contributed by atoms with Gasteiger partial charge in [-0.3, -0.25) is 0 Å². The SMILES string of the molecule is CC.COc1c(Cl)cc(C(C)(C)c2ccc(OC(F)(F)C(Br)CO)cc2)cc1Cl.ClCCCBr. The first-order chi connectivity index (χ1) is 15.9. The highest BCUT2D eigenvalue weighted by molar-refractivity contribution is 9.09. The molecular weight excluding hydrogens is 640 g/mol. The molecule has 194 valence electrons. The first-order valence-corrected chi connectivity index (χ1v) is 13.8. The number of aliphatic hydroxyl groups excluding tert-OH is 1. The molecule has 0 aliphatic heterocycles. The van der Waals surface area contributed by atoms with Gasteiger partial charge in [0.25, 0.3) is 0 Å².